The second kappa shape index (κ2) is 13.0. The van der Waals surface area contributed by atoms with E-state index in [1.165, 1.54) is 25.2 Å². The molecule has 1 aromatic heterocycles. The van der Waals surface area contributed by atoms with Gasteiger partial charge in [0.1, 0.15) is 12.1 Å². The second-order valence-corrected chi connectivity index (χ2v) is 11.9. The number of nitrogens with one attached hydrogen (secondary N) is 1. The number of hydrogen-bond acceptors (Lipinski definition) is 9. The van der Waals surface area contributed by atoms with E-state index in [9.17, 15) is 32.7 Å². The van der Waals surface area contributed by atoms with Crippen LogP contribution in [-0.2, 0) is 34.8 Å². The van der Waals surface area contributed by atoms with Crippen molar-refractivity contribution in [1.82, 2.24) is 10.3 Å². The molecule has 0 spiro atoms. The summed E-state index contributed by atoms with van der Waals surface area (Å²) in [5.74, 6) is -5.01. The molecule has 0 radical (unpaired) electrons. The van der Waals surface area contributed by atoms with Crippen LogP contribution in [0.3, 0.4) is 0 Å². The standard InChI is InChI=1S/C28H32N4O8S/c1-17(29)25(34)28(24(27(37)38)32-23(33)12-11-21(30)26(35)36)13-4-5-20(15-28)41(39,40)16-18-7-9-19(10-8-18)22-6-2-3-14-31-22/h2-10,13-14,17,21,24H,11-12,15-16,29-30H2,1H3,(H,32,33)(H,35,36)(H,37,38)/t17-,21-,24-,28?/m0/s1. The third kappa shape index (κ3) is 7.51. The molecular weight excluding hydrogens is 552 g/mol. The van der Waals surface area contributed by atoms with Crippen LogP contribution < -0.4 is 16.8 Å². The Morgan fingerprint density at radius 2 is 1.73 bits per heavy atom. The molecule has 7 N–H and O–H groups in total. The third-order valence-electron chi connectivity index (χ3n) is 6.75. The number of Topliss-reactive ketones (excluding diaryl/α,β-unsaturated/α-hetero) is 1. The summed E-state index contributed by atoms with van der Waals surface area (Å²) in [5.41, 5.74) is 11.2. The molecule has 0 saturated heterocycles. The molecule has 41 heavy (non-hydrogen) atoms. The monoisotopic (exact) mass is 584 g/mol. The highest BCUT2D eigenvalue weighted by Crippen LogP contribution is 2.40. The van der Waals surface area contributed by atoms with Crippen LogP contribution in [0, 0.1) is 5.41 Å². The number of aromatic nitrogens is 1. The first-order valence-corrected chi connectivity index (χ1v) is 14.3. The molecule has 1 aliphatic carbocycles. The molecule has 2 aromatic rings. The normalized spacial score (nSPS) is 19.0. The van der Waals surface area contributed by atoms with Gasteiger partial charge in [-0.15, -0.1) is 0 Å². The lowest BCUT2D eigenvalue weighted by Crippen LogP contribution is -2.59. The van der Waals surface area contributed by atoms with Crippen LogP contribution in [-0.4, -0.2) is 65.4 Å². The summed E-state index contributed by atoms with van der Waals surface area (Å²) in [4.78, 5) is 53.4. The van der Waals surface area contributed by atoms with E-state index in [2.05, 4.69) is 10.3 Å². The minimum absolute atomic E-state index is 0.198. The van der Waals surface area contributed by atoms with Gasteiger partial charge < -0.3 is 27.0 Å². The average Bonchev–Trinajstić information content (AvgIpc) is 2.94. The van der Waals surface area contributed by atoms with Crippen molar-refractivity contribution in [1.29, 1.82) is 0 Å². The number of nitrogens with two attached hydrogens (primary N) is 2. The van der Waals surface area contributed by atoms with Gasteiger partial charge in [-0.2, -0.15) is 0 Å². The Morgan fingerprint density at radius 3 is 2.29 bits per heavy atom. The Hall–Kier alpha value is -4.20. The summed E-state index contributed by atoms with van der Waals surface area (Å²) >= 11 is 0. The average molecular weight is 585 g/mol. The number of carbonyl (C=O) groups is 4. The number of ketones is 1. The number of aliphatic carboxylic acids is 2. The van der Waals surface area contributed by atoms with Crippen molar-refractivity contribution in [3.05, 3.63) is 77.4 Å². The molecule has 0 aliphatic heterocycles. The number of hydrogen-bond donors (Lipinski definition) is 5. The molecule has 1 aromatic carbocycles. The minimum Gasteiger partial charge on any atom is -0.480 e. The van der Waals surface area contributed by atoms with Crippen molar-refractivity contribution in [3.8, 4) is 11.3 Å². The molecule has 1 heterocycles. The summed E-state index contributed by atoms with van der Waals surface area (Å²) < 4.78 is 27.0. The van der Waals surface area contributed by atoms with Crippen molar-refractivity contribution < 1.29 is 37.8 Å². The summed E-state index contributed by atoms with van der Waals surface area (Å²) in [5, 5.41) is 21.2. The fourth-order valence-electron chi connectivity index (χ4n) is 4.55. The molecule has 3 rings (SSSR count). The van der Waals surface area contributed by atoms with Crippen LogP contribution in [0.15, 0.2) is 71.8 Å². The lowest BCUT2D eigenvalue weighted by molar-refractivity contribution is -0.149. The Kier molecular flexibility index (Phi) is 9.92. The largest absolute Gasteiger partial charge is 0.480 e. The maximum absolute atomic E-state index is 13.5. The Morgan fingerprint density at radius 1 is 1.05 bits per heavy atom. The fourth-order valence-corrected chi connectivity index (χ4v) is 6.11. The molecule has 13 heteroatoms. The smallest absolute Gasteiger partial charge is 0.327 e. The van der Waals surface area contributed by atoms with Gasteiger partial charge >= 0.3 is 11.9 Å². The van der Waals surface area contributed by atoms with Crippen molar-refractivity contribution >= 4 is 33.5 Å². The number of carboxylic acids is 2. The molecule has 1 aliphatic rings. The Labute approximate surface area is 237 Å². The minimum atomic E-state index is -4.05. The molecule has 4 atom stereocenters. The van der Waals surface area contributed by atoms with E-state index in [1.807, 2.05) is 12.1 Å². The van der Waals surface area contributed by atoms with Crippen LogP contribution in [0.25, 0.3) is 11.3 Å². The van der Waals surface area contributed by atoms with Crippen molar-refractivity contribution in [2.24, 2.45) is 16.9 Å². The quantitative estimate of drug-likeness (QED) is 0.225. The topological polar surface area (TPSA) is 220 Å². The van der Waals surface area contributed by atoms with Gasteiger partial charge in [0, 0.05) is 29.5 Å². The maximum atomic E-state index is 13.5. The van der Waals surface area contributed by atoms with Gasteiger partial charge in [-0.05, 0) is 37.1 Å². The number of amides is 1. The van der Waals surface area contributed by atoms with E-state index >= 15 is 0 Å². The molecule has 1 unspecified atom stereocenters. The number of carbonyl (C=O) groups excluding carboxylic acids is 2. The van der Waals surface area contributed by atoms with Gasteiger partial charge in [0.25, 0.3) is 0 Å². The van der Waals surface area contributed by atoms with Crippen molar-refractivity contribution in [2.45, 2.75) is 50.1 Å². The van der Waals surface area contributed by atoms with Crippen molar-refractivity contribution in [3.63, 3.8) is 0 Å². The van der Waals surface area contributed by atoms with Crippen LogP contribution in [0.5, 0.6) is 0 Å². The highest BCUT2D eigenvalue weighted by Gasteiger charge is 2.51. The third-order valence-corrected chi connectivity index (χ3v) is 8.55. The highest BCUT2D eigenvalue weighted by atomic mass is 32.2. The zero-order valence-electron chi connectivity index (χ0n) is 22.3. The van der Waals surface area contributed by atoms with E-state index in [4.69, 9.17) is 16.6 Å². The van der Waals surface area contributed by atoms with E-state index in [1.54, 1.807) is 36.5 Å². The number of allylic oxidation sites excluding steroid dienone is 3. The summed E-state index contributed by atoms with van der Waals surface area (Å²) in [6.45, 7) is 1.33. The van der Waals surface area contributed by atoms with Gasteiger partial charge in [0.05, 0.1) is 22.9 Å². The number of sulfone groups is 1. The van der Waals surface area contributed by atoms with Crippen LogP contribution in [0.4, 0.5) is 0 Å². The lowest BCUT2D eigenvalue weighted by Gasteiger charge is -2.38. The van der Waals surface area contributed by atoms with Crippen LogP contribution in [0.1, 0.15) is 31.7 Å². The molecule has 0 bridgehead atoms. The lowest BCUT2D eigenvalue weighted by atomic mass is 9.69. The Bertz CT molecular complexity index is 1470. The number of nitrogens with zero attached hydrogens (tertiary/aromatic N) is 1. The van der Waals surface area contributed by atoms with Crippen LogP contribution >= 0.6 is 0 Å². The van der Waals surface area contributed by atoms with Crippen LogP contribution in [0.2, 0.25) is 0 Å². The molecule has 1 amide bonds. The first-order valence-electron chi connectivity index (χ1n) is 12.7. The van der Waals surface area contributed by atoms with E-state index in [0.29, 0.717) is 11.3 Å². The highest BCUT2D eigenvalue weighted by molar-refractivity contribution is 7.94. The van der Waals surface area contributed by atoms with Gasteiger partial charge in [0.2, 0.25) is 5.91 Å². The molecular formula is C28H32N4O8S. The predicted octanol–water partition coefficient (Wildman–Crippen LogP) is 1.17. The zero-order chi connectivity index (χ0) is 30.4. The number of benzene rings is 1. The van der Waals surface area contributed by atoms with E-state index < -0.39 is 75.6 Å². The van der Waals surface area contributed by atoms with Crippen molar-refractivity contribution in [2.75, 3.05) is 0 Å². The molecule has 218 valence electrons. The summed E-state index contributed by atoms with van der Waals surface area (Å²) in [7, 11) is -4.05. The van der Waals surface area contributed by atoms with E-state index in [-0.39, 0.29) is 11.3 Å². The van der Waals surface area contributed by atoms with Gasteiger partial charge in [-0.3, -0.25) is 19.4 Å². The summed E-state index contributed by atoms with van der Waals surface area (Å²) in [6, 6.07) is 7.75. The first-order chi connectivity index (χ1) is 19.3. The first kappa shape index (κ1) is 31.3. The van der Waals surface area contributed by atoms with E-state index in [0.717, 1.165) is 5.56 Å². The number of rotatable bonds is 13. The van der Waals surface area contributed by atoms with Gasteiger partial charge in [0.15, 0.2) is 15.6 Å². The number of carboxylic acid groups (broad SMARTS) is 2. The maximum Gasteiger partial charge on any atom is 0.327 e. The molecule has 12 nitrogen and oxygen atoms in total. The molecule has 0 saturated carbocycles. The summed E-state index contributed by atoms with van der Waals surface area (Å²) in [6.07, 6.45) is 4.17. The second-order valence-electron chi connectivity index (χ2n) is 9.86. The zero-order valence-corrected chi connectivity index (χ0v) is 23.1. The number of pyridine rings is 1. The molecule has 0 fully saturated rings. The SMILES string of the molecule is C[C@H](N)C(=O)C1([C@@H](NC(=O)CC[C@H](N)C(=O)O)C(=O)O)C=CC=C(S(=O)(=O)Cc2ccc(-c3ccccn3)cc2)C1. The fraction of sp³-hybridized carbons (Fsp3) is 0.321. The van der Waals surface area contributed by atoms with Gasteiger partial charge in [-0.1, -0.05) is 42.5 Å². The van der Waals surface area contributed by atoms with Gasteiger partial charge in [-0.25, -0.2) is 13.2 Å². The Balaban J connectivity index is 1.87. The predicted molar refractivity (Wildman–Crippen MR) is 150 cm³/mol.